The SMILES string of the molecule is CCc1cccc(CC)c1N1CCC1. The van der Waals surface area contributed by atoms with Crippen LogP contribution < -0.4 is 4.90 Å². The molecule has 76 valence electrons. The summed E-state index contributed by atoms with van der Waals surface area (Å²) in [6.07, 6.45) is 3.67. The van der Waals surface area contributed by atoms with Gasteiger partial charge in [0.05, 0.1) is 0 Å². The molecule has 0 unspecified atom stereocenters. The van der Waals surface area contributed by atoms with Crippen LogP contribution in [0.1, 0.15) is 31.4 Å². The number of benzene rings is 1. The van der Waals surface area contributed by atoms with Gasteiger partial charge in [-0.2, -0.15) is 0 Å². The van der Waals surface area contributed by atoms with Crippen molar-refractivity contribution >= 4 is 5.69 Å². The molecule has 1 heterocycles. The lowest BCUT2D eigenvalue weighted by Crippen LogP contribution is -2.38. The van der Waals surface area contributed by atoms with Crippen molar-refractivity contribution in [2.75, 3.05) is 18.0 Å². The van der Waals surface area contributed by atoms with E-state index < -0.39 is 0 Å². The second-order valence-corrected chi connectivity index (χ2v) is 3.97. The molecule has 0 spiro atoms. The van der Waals surface area contributed by atoms with E-state index in [2.05, 4.69) is 36.9 Å². The normalized spacial score (nSPS) is 15.4. The van der Waals surface area contributed by atoms with Crippen LogP contribution in [-0.2, 0) is 12.8 Å². The van der Waals surface area contributed by atoms with Crippen molar-refractivity contribution in [3.63, 3.8) is 0 Å². The molecule has 0 atom stereocenters. The average molecular weight is 189 g/mol. The topological polar surface area (TPSA) is 3.24 Å². The fourth-order valence-electron chi connectivity index (χ4n) is 2.16. The Bertz CT molecular complexity index is 291. The first-order valence-electron chi connectivity index (χ1n) is 5.72. The van der Waals surface area contributed by atoms with Crippen LogP contribution in [0.4, 0.5) is 5.69 Å². The highest BCUT2D eigenvalue weighted by Gasteiger charge is 2.19. The van der Waals surface area contributed by atoms with Gasteiger partial charge in [-0.05, 0) is 30.4 Å². The Morgan fingerprint density at radius 1 is 1.07 bits per heavy atom. The lowest BCUT2D eigenvalue weighted by Gasteiger charge is -2.36. The van der Waals surface area contributed by atoms with Crippen LogP contribution in [0, 0.1) is 0 Å². The minimum Gasteiger partial charge on any atom is -0.371 e. The Hall–Kier alpha value is -0.980. The summed E-state index contributed by atoms with van der Waals surface area (Å²) in [6, 6.07) is 6.74. The van der Waals surface area contributed by atoms with Crippen LogP contribution in [0.15, 0.2) is 18.2 Å². The van der Waals surface area contributed by atoms with Crippen LogP contribution in [0.5, 0.6) is 0 Å². The van der Waals surface area contributed by atoms with Crippen LogP contribution in [0.3, 0.4) is 0 Å². The molecule has 1 nitrogen and oxygen atoms in total. The smallest absolute Gasteiger partial charge is 0.0431 e. The number of aryl methyl sites for hydroxylation is 2. The molecule has 1 aromatic carbocycles. The summed E-state index contributed by atoms with van der Waals surface area (Å²) in [4.78, 5) is 2.53. The molecule has 1 fully saturated rings. The van der Waals surface area contributed by atoms with Gasteiger partial charge in [-0.1, -0.05) is 32.0 Å². The minimum absolute atomic E-state index is 1.15. The highest BCUT2D eigenvalue weighted by atomic mass is 15.2. The summed E-state index contributed by atoms with van der Waals surface area (Å²) < 4.78 is 0. The van der Waals surface area contributed by atoms with Gasteiger partial charge in [-0.15, -0.1) is 0 Å². The molecule has 0 amide bonds. The summed E-state index contributed by atoms with van der Waals surface area (Å²) in [6.45, 7) is 7.00. The zero-order valence-corrected chi connectivity index (χ0v) is 9.21. The summed E-state index contributed by atoms with van der Waals surface area (Å²) in [7, 11) is 0. The predicted octanol–water partition coefficient (Wildman–Crippen LogP) is 3.02. The van der Waals surface area contributed by atoms with E-state index in [1.54, 1.807) is 0 Å². The lowest BCUT2D eigenvalue weighted by molar-refractivity contribution is 0.612. The van der Waals surface area contributed by atoms with Gasteiger partial charge in [0.15, 0.2) is 0 Å². The fourth-order valence-corrected chi connectivity index (χ4v) is 2.16. The number of hydrogen-bond donors (Lipinski definition) is 0. The van der Waals surface area contributed by atoms with Gasteiger partial charge in [0.25, 0.3) is 0 Å². The van der Waals surface area contributed by atoms with E-state index in [9.17, 15) is 0 Å². The molecule has 14 heavy (non-hydrogen) atoms. The predicted molar refractivity (Wildman–Crippen MR) is 62.0 cm³/mol. The van der Waals surface area contributed by atoms with E-state index in [1.165, 1.54) is 36.3 Å². The van der Waals surface area contributed by atoms with E-state index in [4.69, 9.17) is 0 Å². The van der Waals surface area contributed by atoms with Gasteiger partial charge in [0, 0.05) is 18.8 Å². The molecule has 1 heteroatoms. The summed E-state index contributed by atoms with van der Waals surface area (Å²) >= 11 is 0. The summed E-state index contributed by atoms with van der Waals surface area (Å²) in [5.74, 6) is 0. The van der Waals surface area contributed by atoms with Crippen molar-refractivity contribution in [2.45, 2.75) is 33.1 Å². The molecule has 2 rings (SSSR count). The zero-order valence-electron chi connectivity index (χ0n) is 9.21. The average Bonchev–Trinajstić information content (AvgIpc) is 2.15. The van der Waals surface area contributed by atoms with Gasteiger partial charge in [0.1, 0.15) is 0 Å². The second-order valence-electron chi connectivity index (χ2n) is 3.97. The number of anilines is 1. The molecule has 1 aromatic rings. The third-order valence-electron chi connectivity index (χ3n) is 3.14. The standard InChI is InChI=1S/C13H19N/c1-3-11-7-5-8-12(4-2)13(11)14-9-6-10-14/h5,7-8H,3-4,6,9-10H2,1-2H3. The van der Waals surface area contributed by atoms with Gasteiger partial charge in [0.2, 0.25) is 0 Å². The van der Waals surface area contributed by atoms with Crippen molar-refractivity contribution in [3.05, 3.63) is 29.3 Å². The van der Waals surface area contributed by atoms with Crippen molar-refractivity contribution in [3.8, 4) is 0 Å². The number of rotatable bonds is 3. The van der Waals surface area contributed by atoms with Crippen molar-refractivity contribution in [1.29, 1.82) is 0 Å². The third-order valence-corrected chi connectivity index (χ3v) is 3.14. The maximum Gasteiger partial charge on any atom is 0.0431 e. The molecule has 1 aliphatic rings. The highest BCUT2D eigenvalue weighted by molar-refractivity contribution is 5.61. The monoisotopic (exact) mass is 189 g/mol. The first kappa shape index (κ1) is 9.57. The Morgan fingerprint density at radius 2 is 1.64 bits per heavy atom. The maximum atomic E-state index is 2.53. The molecule has 0 aliphatic carbocycles. The minimum atomic E-state index is 1.15. The van der Waals surface area contributed by atoms with Crippen LogP contribution in [0.25, 0.3) is 0 Å². The molecule has 0 radical (unpaired) electrons. The highest BCUT2D eigenvalue weighted by Crippen LogP contribution is 2.30. The number of para-hydroxylation sites is 1. The molecular formula is C13H19N. The van der Waals surface area contributed by atoms with Gasteiger partial charge < -0.3 is 4.90 Å². The quantitative estimate of drug-likeness (QED) is 0.706. The van der Waals surface area contributed by atoms with Crippen molar-refractivity contribution in [2.24, 2.45) is 0 Å². The third kappa shape index (κ3) is 1.52. The Balaban J connectivity index is 2.39. The molecule has 0 bridgehead atoms. The van der Waals surface area contributed by atoms with E-state index >= 15 is 0 Å². The van der Waals surface area contributed by atoms with Gasteiger partial charge >= 0.3 is 0 Å². The molecule has 0 N–H and O–H groups in total. The second kappa shape index (κ2) is 4.04. The van der Waals surface area contributed by atoms with Gasteiger partial charge in [-0.3, -0.25) is 0 Å². The van der Waals surface area contributed by atoms with Crippen LogP contribution in [0.2, 0.25) is 0 Å². The fraction of sp³-hybridized carbons (Fsp3) is 0.538. The zero-order chi connectivity index (χ0) is 9.97. The maximum absolute atomic E-state index is 2.53. The van der Waals surface area contributed by atoms with E-state index in [1.807, 2.05) is 0 Å². The number of hydrogen-bond acceptors (Lipinski definition) is 1. The van der Waals surface area contributed by atoms with E-state index in [0.29, 0.717) is 0 Å². The van der Waals surface area contributed by atoms with E-state index in [0.717, 1.165) is 12.8 Å². The first-order chi connectivity index (χ1) is 6.86. The van der Waals surface area contributed by atoms with Crippen LogP contribution >= 0.6 is 0 Å². The summed E-state index contributed by atoms with van der Waals surface area (Å²) in [5, 5.41) is 0. The molecule has 1 saturated heterocycles. The van der Waals surface area contributed by atoms with Gasteiger partial charge in [-0.25, -0.2) is 0 Å². The Morgan fingerprint density at radius 3 is 2.00 bits per heavy atom. The Labute approximate surface area is 86.7 Å². The summed E-state index contributed by atoms with van der Waals surface area (Å²) in [5.41, 5.74) is 4.57. The molecular weight excluding hydrogens is 170 g/mol. The Kier molecular flexibility index (Phi) is 2.76. The van der Waals surface area contributed by atoms with Crippen LogP contribution in [-0.4, -0.2) is 13.1 Å². The van der Waals surface area contributed by atoms with Crippen molar-refractivity contribution in [1.82, 2.24) is 0 Å². The van der Waals surface area contributed by atoms with E-state index in [-0.39, 0.29) is 0 Å². The number of nitrogens with zero attached hydrogens (tertiary/aromatic N) is 1. The lowest BCUT2D eigenvalue weighted by atomic mass is 9.99. The molecule has 0 aromatic heterocycles. The van der Waals surface area contributed by atoms with Crippen molar-refractivity contribution < 1.29 is 0 Å². The molecule has 0 saturated carbocycles. The molecule has 1 aliphatic heterocycles. The first-order valence-corrected chi connectivity index (χ1v) is 5.72. The largest absolute Gasteiger partial charge is 0.371 e.